The smallest absolute Gasteiger partial charge is 0.137 e. The van der Waals surface area contributed by atoms with Gasteiger partial charge in [-0.2, -0.15) is 0 Å². The van der Waals surface area contributed by atoms with Crippen molar-refractivity contribution >= 4 is 0 Å². The summed E-state index contributed by atoms with van der Waals surface area (Å²) in [4.78, 5) is 8.03. The van der Waals surface area contributed by atoms with Crippen LogP contribution in [0.25, 0.3) is 11.4 Å². The van der Waals surface area contributed by atoms with Gasteiger partial charge in [-0.25, -0.2) is 4.98 Å². The minimum atomic E-state index is 0.387. The third kappa shape index (κ3) is 2.87. The SMILES string of the molecule is CC(C)c1ccc(-c2nc(C(C)C)c(CN)[nH]2)cc1. The fourth-order valence-corrected chi connectivity index (χ4v) is 2.22. The van der Waals surface area contributed by atoms with Crippen LogP contribution in [-0.2, 0) is 6.54 Å². The van der Waals surface area contributed by atoms with Gasteiger partial charge in [0.15, 0.2) is 0 Å². The van der Waals surface area contributed by atoms with Crippen molar-refractivity contribution in [1.29, 1.82) is 0 Å². The highest BCUT2D eigenvalue weighted by molar-refractivity contribution is 5.57. The van der Waals surface area contributed by atoms with Crippen LogP contribution in [0.15, 0.2) is 24.3 Å². The minimum Gasteiger partial charge on any atom is -0.341 e. The molecule has 102 valence electrons. The number of imidazole rings is 1. The normalized spacial score (nSPS) is 11.5. The van der Waals surface area contributed by atoms with E-state index in [1.54, 1.807) is 0 Å². The zero-order valence-corrected chi connectivity index (χ0v) is 12.2. The Balaban J connectivity index is 2.36. The molecule has 0 atom stereocenters. The van der Waals surface area contributed by atoms with E-state index in [0.29, 0.717) is 18.4 Å². The standard InChI is InChI=1S/C16H23N3/c1-10(2)12-5-7-13(8-6-12)16-18-14(9-17)15(19-16)11(3)4/h5-8,10-11H,9,17H2,1-4H3,(H,18,19). The summed E-state index contributed by atoms with van der Waals surface area (Å²) in [6.07, 6.45) is 0. The summed E-state index contributed by atoms with van der Waals surface area (Å²) in [5.41, 5.74) is 10.3. The van der Waals surface area contributed by atoms with Crippen LogP contribution in [0.3, 0.4) is 0 Å². The first kappa shape index (κ1) is 13.8. The van der Waals surface area contributed by atoms with Gasteiger partial charge in [-0.05, 0) is 17.4 Å². The highest BCUT2D eigenvalue weighted by atomic mass is 15.0. The van der Waals surface area contributed by atoms with E-state index in [-0.39, 0.29) is 0 Å². The summed E-state index contributed by atoms with van der Waals surface area (Å²) < 4.78 is 0. The van der Waals surface area contributed by atoms with Gasteiger partial charge in [-0.15, -0.1) is 0 Å². The van der Waals surface area contributed by atoms with Crippen LogP contribution < -0.4 is 5.73 Å². The lowest BCUT2D eigenvalue weighted by Gasteiger charge is -2.05. The Hall–Kier alpha value is -1.61. The number of H-pyrrole nitrogens is 1. The van der Waals surface area contributed by atoms with E-state index in [2.05, 4.69) is 61.9 Å². The number of benzene rings is 1. The first-order valence-corrected chi connectivity index (χ1v) is 6.92. The molecule has 3 N–H and O–H groups in total. The second-order valence-corrected chi connectivity index (χ2v) is 5.58. The third-order valence-corrected chi connectivity index (χ3v) is 3.41. The van der Waals surface area contributed by atoms with Gasteiger partial charge in [0.2, 0.25) is 0 Å². The van der Waals surface area contributed by atoms with Gasteiger partial charge in [0.1, 0.15) is 5.82 Å². The highest BCUT2D eigenvalue weighted by Crippen LogP contribution is 2.24. The lowest BCUT2D eigenvalue weighted by molar-refractivity contribution is 0.806. The van der Waals surface area contributed by atoms with Crippen LogP contribution in [0.1, 0.15) is 56.5 Å². The van der Waals surface area contributed by atoms with Gasteiger partial charge in [-0.1, -0.05) is 52.0 Å². The molecule has 1 heterocycles. The van der Waals surface area contributed by atoms with E-state index in [0.717, 1.165) is 22.8 Å². The molecule has 0 spiro atoms. The second kappa shape index (κ2) is 5.57. The van der Waals surface area contributed by atoms with E-state index in [4.69, 9.17) is 5.73 Å². The fraction of sp³-hybridized carbons (Fsp3) is 0.438. The van der Waals surface area contributed by atoms with Gasteiger partial charge < -0.3 is 10.7 Å². The number of rotatable bonds is 4. The van der Waals surface area contributed by atoms with Crippen LogP contribution in [0.5, 0.6) is 0 Å². The first-order valence-electron chi connectivity index (χ1n) is 6.92. The summed E-state index contributed by atoms with van der Waals surface area (Å²) in [6.45, 7) is 9.18. The van der Waals surface area contributed by atoms with Crippen molar-refractivity contribution in [3.8, 4) is 11.4 Å². The van der Waals surface area contributed by atoms with E-state index in [1.807, 2.05) is 0 Å². The topological polar surface area (TPSA) is 54.7 Å². The molecule has 0 aliphatic rings. The molecule has 0 unspecified atom stereocenters. The number of hydrogen-bond acceptors (Lipinski definition) is 2. The lowest BCUT2D eigenvalue weighted by atomic mass is 10.0. The first-order chi connectivity index (χ1) is 9.02. The minimum absolute atomic E-state index is 0.387. The number of hydrogen-bond donors (Lipinski definition) is 2. The molecule has 2 rings (SSSR count). The molecule has 0 aliphatic heterocycles. The number of nitrogens with two attached hydrogens (primary N) is 1. The van der Waals surface area contributed by atoms with E-state index in [1.165, 1.54) is 5.56 Å². The molecular formula is C16H23N3. The molecule has 0 saturated heterocycles. The molecule has 0 amide bonds. The summed E-state index contributed by atoms with van der Waals surface area (Å²) in [6, 6.07) is 8.58. The molecule has 0 aliphatic carbocycles. The molecule has 0 bridgehead atoms. The van der Waals surface area contributed by atoms with Gasteiger partial charge in [0, 0.05) is 12.1 Å². The maximum Gasteiger partial charge on any atom is 0.137 e. The van der Waals surface area contributed by atoms with Gasteiger partial charge >= 0.3 is 0 Å². The van der Waals surface area contributed by atoms with Crippen molar-refractivity contribution < 1.29 is 0 Å². The molecule has 3 nitrogen and oxygen atoms in total. The monoisotopic (exact) mass is 257 g/mol. The van der Waals surface area contributed by atoms with E-state index in [9.17, 15) is 0 Å². The third-order valence-electron chi connectivity index (χ3n) is 3.41. The quantitative estimate of drug-likeness (QED) is 0.875. The molecule has 2 aromatic rings. The maximum absolute atomic E-state index is 5.77. The summed E-state index contributed by atoms with van der Waals surface area (Å²) in [7, 11) is 0. The molecule has 0 radical (unpaired) electrons. The van der Waals surface area contributed by atoms with Crippen LogP contribution >= 0.6 is 0 Å². The maximum atomic E-state index is 5.77. The Bertz CT molecular complexity index is 536. The van der Waals surface area contributed by atoms with E-state index >= 15 is 0 Å². The molecule has 19 heavy (non-hydrogen) atoms. The van der Waals surface area contributed by atoms with Crippen LogP contribution in [0.4, 0.5) is 0 Å². The number of nitrogens with one attached hydrogen (secondary N) is 1. The highest BCUT2D eigenvalue weighted by Gasteiger charge is 2.13. The predicted octanol–water partition coefficient (Wildman–Crippen LogP) is 3.78. The van der Waals surface area contributed by atoms with Crippen molar-refractivity contribution in [2.45, 2.75) is 46.1 Å². The van der Waals surface area contributed by atoms with Gasteiger partial charge in [0.05, 0.1) is 11.4 Å². The Kier molecular flexibility index (Phi) is 4.05. The molecule has 3 heteroatoms. The van der Waals surface area contributed by atoms with Crippen molar-refractivity contribution in [2.75, 3.05) is 0 Å². The summed E-state index contributed by atoms with van der Waals surface area (Å²) >= 11 is 0. The molecule has 0 fully saturated rings. The average Bonchev–Trinajstić information content (AvgIpc) is 2.83. The van der Waals surface area contributed by atoms with Crippen LogP contribution in [-0.4, -0.2) is 9.97 Å². The Labute approximate surface area is 115 Å². The van der Waals surface area contributed by atoms with Crippen molar-refractivity contribution in [3.05, 3.63) is 41.2 Å². The van der Waals surface area contributed by atoms with Crippen molar-refractivity contribution in [1.82, 2.24) is 9.97 Å². The zero-order chi connectivity index (χ0) is 14.0. The number of aromatic nitrogens is 2. The summed E-state index contributed by atoms with van der Waals surface area (Å²) in [5, 5.41) is 0. The number of aromatic amines is 1. The Morgan fingerprint density at radius 2 is 1.68 bits per heavy atom. The molecule has 1 aromatic heterocycles. The van der Waals surface area contributed by atoms with Gasteiger partial charge in [-0.3, -0.25) is 0 Å². The summed E-state index contributed by atoms with van der Waals surface area (Å²) in [5.74, 6) is 1.86. The fourth-order valence-electron chi connectivity index (χ4n) is 2.22. The van der Waals surface area contributed by atoms with Crippen LogP contribution in [0, 0.1) is 0 Å². The van der Waals surface area contributed by atoms with Crippen molar-refractivity contribution in [3.63, 3.8) is 0 Å². The molecule has 0 saturated carbocycles. The largest absolute Gasteiger partial charge is 0.341 e. The second-order valence-electron chi connectivity index (χ2n) is 5.58. The average molecular weight is 257 g/mol. The Morgan fingerprint density at radius 1 is 1.05 bits per heavy atom. The van der Waals surface area contributed by atoms with Crippen molar-refractivity contribution in [2.24, 2.45) is 5.73 Å². The van der Waals surface area contributed by atoms with Crippen LogP contribution in [0.2, 0.25) is 0 Å². The zero-order valence-electron chi connectivity index (χ0n) is 12.2. The van der Waals surface area contributed by atoms with E-state index < -0.39 is 0 Å². The Morgan fingerprint density at radius 3 is 2.11 bits per heavy atom. The van der Waals surface area contributed by atoms with Gasteiger partial charge in [0.25, 0.3) is 0 Å². The predicted molar refractivity (Wildman–Crippen MR) is 80.1 cm³/mol. The number of nitrogens with zero attached hydrogens (tertiary/aromatic N) is 1. The lowest BCUT2D eigenvalue weighted by Crippen LogP contribution is -2.02. The molecule has 1 aromatic carbocycles. The molecular weight excluding hydrogens is 234 g/mol.